The van der Waals surface area contributed by atoms with Crippen molar-refractivity contribution in [1.82, 2.24) is 4.31 Å². The van der Waals surface area contributed by atoms with Crippen LogP contribution in [0.15, 0.2) is 17.0 Å². The summed E-state index contributed by atoms with van der Waals surface area (Å²) in [5.41, 5.74) is 2.42. The second kappa shape index (κ2) is 5.37. The highest BCUT2D eigenvalue weighted by Gasteiger charge is 2.38. The van der Waals surface area contributed by atoms with Gasteiger partial charge in [-0.25, -0.2) is 16.8 Å². The van der Waals surface area contributed by atoms with Crippen molar-refractivity contribution in [2.75, 3.05) is 19.3 Å². The van der Waals surface area contributed by atoms with E-state index in [0.29, 0.717) is 22.4 Å². The Morgan fingerprint density at radius 1 is 1.05 bits per heavy atom. The molecule has 0 aromatic heterocycles. The van der Waals surface area contributed by atoms with E-state index in [1.54, 1.807) is 13.8 Å². The first-order chi connectivity index (χ1) is 9.53. The third-order valence-corrected chi connectivity index (χ3v) is 7.68. The van der Waals surface area contributed by atoms with Gasteiger partial charge in [-0.05, 0) is 38.3 Å². The average molecular weight is 331 g/mol. The number of sulfone groups is 1. The van der Waals surface area contributed by atoms with E-state index in [0.717, 1.165) is 11.8 Å². The fourth-order valence-electron chi connectivity index (χ4n) is 2.97. The molecule has 0 aliphatic carbocycles. The Labute approximate surface area is 126 Å². The Balaban J connectivity index is 2.41. The van der Waals surface area contributed by atoms with Crippen LogP contribution < -0.4 is 0 Å². The summed E-state index contributed by atoms with van der Waals surface area (Å²) in [6.07, 6.45) is 1.53. The Morgan fingerprint density at radius 3 is 2.00 bits per heavy atom. The van der Waals surface area contributed by atoms with E-state index >= 15 is 0 Å². The Morgan fingerprint density at radius 2 is 1.57 bits per heavy atom. The fourth-order valence-corrected chi connectivity index (χ4v) is 5.96. The van der Waals surface area contributed by atoms with Gasteiger partial charge in [0, 0.05) is 19.3 Å². The molecule has 0 bridgehead atoms. The number of aryl methyl sites for hydroxylation is 3. The van der Waals surface area contributed by atoms with Gasteiger partial charge in [0.25, 0.3) is 0 Å². The molecule has 2 rings (SSSR count). The molecule has 1 aliphatic heterocycles. The van der Waals surface area contributed by atoms with E-state index in [-0.39, 0.29) is 13.1 Å². The highest BCUT2D eigenvalue weighted by Crippen LogP contribution is 2.29. The lowest BCUT2D eigenvalue weighted by Gasteiger charge is -2.20. The molecule has 1 saturated heterocycles. The van der Waals surface area contributed by atoms with E-state index in [4.69, 9.17) is 0 Å². The molecular formula is C14H21NO4S2. The lowest BCUT2D eigenvalue weighted by molar-refractivity contribution is 0.476. The smallest absolute Gasteiger partial charge is 0.229 e. The van der Waals surface area contributed by atoms with Crippen molar-refractivity contribution in [2.45, 2.75) is 37.3 Å². The third-order valence-electron chi connectivity index (χ3n) is 3.92. The van der Waals surface area contributed by atoms with Crippen molar-refractivity contribution >= 4 is 19.9 Å². The lowest BCUT2D eigenvalue weighted by atomic mass is 10.1. The van der Waals surface area contributed by atoms with Crippen molar-refractivity contribution in [3.63, 3.8) is 0 Å². The quantitative estimate of drug-likeness (QED) is 0.840. The Bertz CT molecular complexity index is 743. The zero-order valence-electron chi connectivity index (χ0n) is 12.8. The summed E-state index contributed by atoms with van der Waals surface area (Å²) >= 11 is 0. The highest BCUT2D eigenvalue weighted by atomic mass is 32.2. The maximum atomic E-state index is 12.8. The predicted octanol–water partition coefficient (Wildman–Crippen LogP) is 1.42. The van der Waals surface area contributed by atoms with Crippen molar-refractivity contribution in [1.29, 1.82) is 0 Å². The summed E-state index contributed by atoms with van der Waals surface area (Å²) in [6.45, 7) is 5.78. The molecule has 0 spiro atoms. The molecule has 21 heavy (non-hydrogen) atoms. The molecule has 1 heterocycles. The molecule has 1 aliphatic rings. The zero-order chi connectivity index (χ0) is 16.0. The zero-order valence-corrected chi connectivity index (χ0v) is 14.4. The molecule has 0 N–H and O–H groups in total. The number of hydrogen-bond donors (Lipinski definition) is 0. The number of hydrogen-bond acceptors (Lipinski definition) is 4. The first kappa shape index (κ1) is 16.5. The fraction of sp³-hybridized carbons (Fsp3) is 0.571. The van der Waals surface area contributed by atoms with Gasteiger partial charge in [-0.2, -0.15) is 4.31 Å². The van der Waals surface area contributed by atoms with Gasteiger partial charge in [-0.1, -0.05) is 17.7 Å². The Hall–Kier alpha value is -0.920. The minimum Gasteiger partial charge on any atom is -0.229 e. The topological polar surface area (TPSA) is 71.5 Å². The summed E-state index contributed by atoms with van der Waals surface area (Å²) < 4.78 is 50.1. The molecule has 0 saturated carbocycles. The molecule has 118 valence electrons. The Kier molecular flexibility index (Phi) is 4.21. The van der Waals surface area contributed by atoms with Crippen LogP contribution in [-0.4, -0.2) is 45.7 Å². The summed E-state index contributed by atoms with van der Waals surface area (Å²) in [5, 5.41) is -0.599. The van der Waals surface area contributed by atoms with Crippen LogP contribution in [0.1, 0.15) is 23.1 Å². The molecule has 1 aromatic rings. The van der Waals surface area contributed by atoms with Crippen LogP contribution in [0.4, 0.5) is 0 Å². The van der Waals surface area contributed by atoms with Gasteiger partial charge >= 0.3 is 0 Å². The van der Waals surface area contributed by atoms with E-state index in [1.165, 1.54) is 4.31 Å². The first-order valence-electron chi connectivity index (χ1n) is 6.80. The largest absolute Gasteiger partial charge is 0.243 e. The van der Waals surface area contributed by atoms with Gasteiger partial charge in [0.05, 0.1) is 10.1 Å². The second-order valence-electron chi connectivity index (χ2n) is 5.83. The molecule has 1 atom stereocenters. The number of benzene rings is 1. The maximum absolute atomic E-state index is 12.8. The summed E-state index contributed by atoms with van der Waals surface area (Å²) in [6, 6.07) is 3.67. The van der Waals surface area contributed by atoms with Gasteiger partial charge < -0.3 is 0 Å². The molecule has 5 nitrogen and oxygen atoms in total. The third kappa shape index (κ3) is 3.14. The van der Waals surface area contributed by atoms with Crippen molar-refractivity contribution in [3.05, 3.63) is 28.8 Å². The maximum Gasteiger partial charge on any atom is 0.243 e. The van der Waals surface area contributed by atoms with Crippen LogP contribution in [-0.2, 0) is 19.9 Å². The lowest BCUT2D eigenvalue weighted by Crippen LogP contribution is -2.32. The molecular weight excluding hydrogens is 310 g/mol. The minimum atomic E-state index is -3.64. The van der Waals surface area contributed by atoms with E-state index < -0.39 is 25.1 Å². The van der Waals surface area contributed by atoms with Crippen LogP contribution in [0.2, 0.25) is 0 Å². The van der Waals surface area contributed by atoms with Crippen LogP contribution in [0.5, 0.6) is 0 Å². The number of rotatable bonds is 3. The molecule has 1 aromatic carbocycles. The average Bonchev–Trinajstić information content (AvgIpc) is 2.75. The van der Waals surface area contributed by atoms with Crippen LogP contribution in [0, 0.1) is 20.8 Å². The van der Waals surface area contributed by atoms with E-state index in [2.05, 4.69) is 0 Å². The molecule has 1 unspecified atom stereocenters. The SMILES string of the molecule is Cc1cc(C)c(S(=O)(=O)N2CCC(S(C)(=O)=O)C2)c(C)c1. The monoisotopic (exact) mass is 331 g/mol. The van der Waals surface area contributed by atoms with Gasteiger partial charge in [0.2, 0.25) is 10.0 Å². The van der Waals surface area contributed by atoms with Gasteiger partial charge in [-0.15, -0.1) is 0 Å². The van der Waals surface area contributed by atoms with Crippen molar-refractivity contribution < 1.29 is 16.8 Å². The minimum absolute atomic E-state index is 0.0495. The standard InChI is InChI=1S/C14H21NO4S2/c1-10-7-11(2)14(12(3)8-10)21(18,19)15-6-5-13(9-15)20(4,16)17/h7-8,13H,5-6,9H2,1-4H3. The molecule has 7 heteroatoms. The molecule has 0 amide bonds. The summed E-state index contributed by atoms with van der Waals surface area (Å²) in [4.78, 5) is 0.308. The van der Waals surface area contributed by atoms with E-state index in [9.17, 15) is 16.8 Å². The molecule has 0 radical (unpaired) electrons. The van der Waals surface area contributed by atoms with Crippen molar-refractivity contribution in [2.24, 2.45) is 0 Å². The van der Waals surface area contributed by atoms with Gasteiger partial charge in [-0.3, -0.25) is 0 Å². The van der Waals surface area contributed by atoms with E-state index in [1.807, 2.05) is 19.1 Å². The van der Waals surface area contributed by atoms with Crippen LogP contribution in [0.25, 0.3) is 0 Å². The second-order valence-corrected chi connectivity index (χ2v) is 10.0. The van der Waals surface area contributed by atoms with Gasteiger partial charge in [0.1, 0.15) is 0 Å². The van der Waals surface area contributed by atoms with Crippen LogP contribution in [0.3, 0.4) is 0 Å². The predicted molar refractivity (Wildman–Crippen MR) is 82.7 cm³/mol. The van der Waals surface area contributed by atoms with Gasteiger partial charge in [0.15, 0.2) is 9.84 Å². The number of sulfonamides is 1. The highest BCUT2D eigenvalue weighted by molar-refractivity contribution is 7.91. The van der Waals surface area contributed by atoms with Crippen LogP contribution >= 0.6 is 0 Å². The summed E-state index contributed by atoms with van der Waals surface area (Å²) in [5.74, 6) is 0. The summed E-state index contributed by atoms with van der Waals surface area (Å²) in [7, 11) is -6.85. The molecule has 1 fully saturated rings. The first-order valence-corrected chi connectivity index (χ1v) is 10.2. The normalized spacial score (nSPS) is 20.9. The van der Waals surface area contributed by atoms with Crippen molar-refractivity contribution in [3.8, 4) is 0 Å². The number of nitrogens with zero attached hydrogens (tertiary/aromatic N) is 1.